The SMILES string of the molecule is CCOc1ncccc1CNC(=O)c1cccc([N+](=O)[O-])c1C. The number of pyridine rings is 1. The Balaban J connectivity index is 2.15. The van der Waals surface area contributed by atoms with Crippen molar-refractivity contribution in [1.29, 1.82) is 0 Å². The minimum atomic E-state index is -0.500. The quantitative estimate of drug-likeness (QED) is 0.653. The zero-order chi connectivity index (χ0) is 16.8. The zero-order valence-corrected chi connectivity index (χ0v) is 12.9. The predicted octanol–water partition coefficient (Wildman–Crippen LogP) is 2.63. The number of nitro benzene ring substituents is 1. The Hall–Kier alpha value is -2.96. The Morgan fingerprint density at radius 2 is 2.13 bits per heavy atom. The Morgan fingerprint density at radius 3 is 2.83 bits per heavy atom. The predicted molar refractivity (Wildman–Crippen MR) is 84.4 cm³/mol. The molecule has 0 aliphatic rings. The molecule has 0 spiro atoms. The molecular weight excluding hydrogens is 298 g/mol. The van der Waals surface area contributed by atoms with E-state index < -0.39 is 4.92 Å². The number of rotatable bonds is 6. The molecule has 0 saturated carbocycles. The highest BCUT2D eigenvalue weighted by Gasteiger charge is 2.18. The molecule has 2 rings (SSSR count). The maximum Gasteiger partial charge on any atom is 0.273 e. The van der Waals surface area contributed by atoms with Gasteiger partial charge >= 0.3 is 0 Å². The first-order chi connectivity index (χ1) is 11.0. The number of nitrogens with one attached hydrogen (secondary N) is 1. The molecule has 0 atom stereocenters. The van der Waals surface area contributed by atoms with E-state index in [0.29, 0.717) is 18.1 Å². The normalized spacial score (nSPS) is 10.2. The van der Waals surface area contributed by atoms with Crippen LogP contribution in [0, 0.1) is 17.0 Å². The fraction of sp³-hybridized carbons (Fsp3) is 0.250. The first-order valence-electron chi connectivity index (χ1n) is 7.13. The van der Waals surface area contributed by atoms with Crippen LogP contribution in [0.5, 0.6) is 5.88 Å². The molecule has 23 heavy (non-hydrogen) atoms. The van der Waals surface area contributed by atoms with E-state index in [2.05, 4.69) is 10.3 Å². The third kappa shape index (κ3) is 3.82. The average molecular weight is 315 g/mol. The summed E-state index contributed by atoms with van der Waals surface area (Å²) in [5, 5.41) is 13.7. The van der Waals surface area contributed by atoms with Crippen LogP contribution in [0.25, 0.3) is 0 Å². The Kier molecular flexibility index (Phi) is 5.24. The average Bonchev–Trinajstić information content (AvgIpc) is 2.54. The van der Waals surface area contributed by atoms with Crippen LogP contribution in [0.15, 0.2) is 36.5 Å². The molecule has 120 valence electrons. The topological polar surface area (TPSA) is 94.4 Å². The smallest absolute Gasteiger partial charge is 0.273 e. The Bertz CT molecular complexity index is 731. The van der Waals surface area contributed by atoms with Crippen LogP contribution in [0.3, 0.4) is 0 Å². The van der Waals surface area contributed by atoms with Crippen LogP contribution in [-0.2, 0) is 6.54 Å². The molecule has 0 bridgehead atoms. The molecule has 1 heterocycles. The van der Waals surface area contributed by atoms with Crippen molar-refractivity contribution in [2.45, 2.75) is 20.4 Å². The number of aromatic nitrogens is 1. The van der Waals surface area contributed by atoms with Gasteiger partial charge in [0.05, 0.1) is 11.5 Å². The molecule has 1 amide bonds. The molecule has 7 heteroatoms. The number of carbonyl (C=O) groups is 1. The van der Waals surface area contributed by atoms with Crippen molar-refractivity contribution in [3.05, 3.63) is 63.3 Å². The van der Waals surface area contributed by atoms with Gasteiger partial charge in [-0.25, -0.2) is 4.98 Å². The maximum atomic E-state index is 12.3. The molecular formula is C16H17N3O4. The molecule has 7 nitrogen and oxygen atoms in total. The lowest BCUT2D eigenvalue weighted by Gasteiger charge is -2.11. The van der Waals surface area contributed by atoms with Crippen molar-refractivity contribution in [2.75, 3.05) is 6.61 Å². The molecule has 1 N–H and O–H groups in total. The van der Waals surface area contributed by atoms with Crippen molar-refractivity contribution < 1.29 is 14.5 Å². The molecule has 0 radical (unpaired) electrons. The van der Waals surface area contributed by atoms with Gasteiger partial charge in [-0.15, -0.1) is 0 Å². The van der Waals surface area contributed by atoms with E-state index in [0.717, 1.165) is 5.56 Å². The van der Waals surface area contributed by atoms with Crippen molar-refractivity contribution in [3.8, 4) is 5.88 Å². The van der Waals surface area contributed by atoms with E-state index in [1.807, 2.05) is 6.92 Å². The molecule has 0 aliphatic heterocycles. The largest absolute Gasteiger partial charge is 0.478 e. The summed E-state index contributed by atoms with van der Waals surface area (Å²) in [5.74, 6) is 0.0866. The lowest BCUT2D eigenvalue weighted by atomic mass is 10.1. The van der Waals surface area contributed by atoms with Gasteiger partial charge in [0.25, 0.3) is 11.6 Å². The van der Waals surface area contributed by atoms with E-state index >= 15 is 0 Å². The van der Waals surface area contributed by atoms with Gasteiger partial charge in [-0.3, -0.25) is 14.9 Å². The van der Waals surface area contributed by atoms with E-state index in [9.17, 15) is 14.9 Å². The van der Waals surface area contributed by atoms with Gasteiger partial charge in [-0.2, -0.15) is 0 Å². The van der Waals surface area contributed by atoms with E-state index in [1.54, 1.807) is 31.3 Å². The summed E-state index contributed by atoms with van der Waals surface area (Å²) in [6, 6.07) is 7.99. The third-order valence-electron chi connectivity index (χ3n) is 3.32. The summed E-state index contributed by atoms with van der Waals surface area (Å²) in [5.41, 5.74) is 1.28. The number of nitrogens with zero attached hydrogens (tertiary/aromatic N) is 2. The number of benzene rings is 1. The summed E-state index contributed by atoms with van der Waals surface area (Å²) in [6.07, 6.45) is 1.61. The number of carbonyl (C=O) groups excluding carboxylic acids is 1. The maximum absolute atomic E-state index is 12.3. The summed E-state index contributed by atoms with van der Waals surface area (Å²) in [6.45, 7) is 4.11. The van der Waals surface area contributed by atoms with Gasteiger partial charge in [0, 0.05) is 35.5 Å². The second-order valence-electron chi connectivity index (χ2n) is 4.79. The van der Waals surface area contributed by atoms with Crippen LogP contribution in [0.4, 0.5) is 5.69 Å². The van der Waals surface area contributed by atoms with Crippen molar-refractivity contribution in [2.24, 2.45) is 0 Å². The first kappa shape index (κ1) is 16.4. The third-order valence-corrected chi connectivity index (χ3v) is 3.32. The highest BCUT2D eigenvalue weighted by atomic mass is 16.6. The fourth-order valence-electron chi connectivity index (χ4n) is 2.16. The first-order valence-corrected chi connectivity index (χ1v) is 7.13. The van der Waals surface area contributed by atoms with Gasteiger partial charge in [0.2, 0.25) is 5.88 Å². The van der Waals surface area contributed by atoms with Crippen LogP contribution < -0.4 is 10.1 Å². The van der Waals surface area contributed by atoms with Crippen LogP contribution in [0.1, 0.15) is 28.4 Å². The number of nitro groups is 1. The molecule has 2 aromatic rings. The standard InChI is InChI=1S/C16H17N3O4/c1-3-23-16-12(6-5-9-17-16)10-18-15(20)13-7-4-8-14(11(13)2)19(21)22/h4-9H,3,10H2,1-2H3,(H,18,20). The Morgan fingerprint density at radius 1 is 1.35 bits per heavy atom. The lowest BCUT2D eigenvalue weighted by Crippen LogP contribution is -2.24. The van der Waals surface area contributed by atoms with Crippen molar-refractivity contribution in [3.63, 3.8) is 0 Å². The summed E-state index contributed by atoms with van der Waals surface area (Å²) < 4.78 is 5.40. The van der Waals surface area contributed by atoms with Crippen molar-refractivity contribution >= 4 is 11.6 Å². The summed E-state index contributed by atoms with van der Waals surface area (Å²) in [7, 11) is 0. The molecule has 0 unspecified atom stereocenters. The number of ether oxygens (including phenoxy) is 1. The monoisotopic (exact) mass is 315 g/mol. The van der Waals surface area contributed by atoms with E-state index in [1.165, 1.54) is 12.1 Å². The highest BCUT2D eigenvalue weighted by Crippen LogP contribution is 2.21. The van der Waals surface area contributed by atoms with Crippen LogP contribution >= 0.6 is 0 Å². The molecule has 0 fully saturated rings. The molecule has 0 aliphatic carbocycles. The minimum Gasteiger partial charge on any atom is -0.478 e. The molecule has 0 saturated heterocycles. The lowest BCUT2D eigenvalue weighted by molar-refractivity contribution is -0.385. The minimum absolute atomic E-state index is 0.0750. The summed E-state index contributed by atoms with van der Waals surface area (Å²) >= 11 is 0. The van der Waals surface area contributed by atoms with E-state index in [-0.39, 0.29) is 23.7 Å². The van der Waals surface area contributed by atoms with Gasteiger partial charge in [-0.05, 0) is 26.0 Å². The van der Waals surface area contributed by atoms with Crippen molar-refractivity contribution in [1.82, 2.24) is 10.3 Å². The fourth-order valence-corrected chi connectivity index (χ4v) is 2.16. The number of amides is 1. The molecule has 1 aromatic heterocycles. The van der Waals surface area contributed by atoms with Gasteiger partial charge in [0.15, 0.2) is 0 Å². The van der Waals surface area contributed by atoms with Gasteiger partial charge in [-0.1, -0.05) is 12.1 Å². The van der Waals surface area contributed by atoms with Gasteiger partial charge in [0.1, 0.15) is 0 Å². The second kappa shape index (κ2) is 7.35. The number of hydrogen-bond acceptors (Lipinski definition) is 5. The van der Waals surface area contributed by atoms with Gasteiger partial charge < -0.3 is 10.1 Å². The highest BCUT2D eigenvalue weighted by molar-refractivity contribution is 5.96. The molecule has 1 aromatic carbocycles. The van der Waals surface area contributed by atoms with Crippen LogP contribution in [-0.4, -0.2) is 22.4 Å². The Labute approximate surface area is 133 Å². The summed E-state index contributed by atoms with van der Waals surface area (Å²) in [4.78, 5) is 26.8. The second-order valence-corrected chi connectivity index (χ2v) is 4.79. The van der Waals surface area contributed by atoms with E-state index in [4.69, 9.17) is 4.74 Å². The zero-order valence-electron chi connectivity index (χ0n) is 12.9. The number of hydrogen-bond donors (Lipinski definition) is 1. The van der Waals surface area contributed by atoms with Crippen LogP contribution in [0.2, 0.25) is 0 Å².